The molecular formula is C10H9ClN4O2. The number of carboxylic acid groups (broad SMARTS) is 1. The Hall–Kier alpha value is -2.08. The van der Waals surface area contributed by atoms with Gasteiger partial charge in [0.1, 0.15) is 0 Å². The molecule has 0 radical (unpaired) electrons. The third-order valence-electron chi connectivity index (χ3n) is 2.29. The van der Waals surface area contributed by atoms with Gasteiger partial charge in [-0.2, -0.15) is 9.67 Å². The Balaban J connectivity index is 2.60. The number of anilines is 1. The summed E-state index contributed by atoms with van der Waals surface area (Å²) in [7, 11) is 0. The van der Waals surface area contributed by atoms with Crippen molar-refractivity contribution in [2.75, 3.05) is 5.73 Å². The molecule has 2 rings (SSSR count). The Morgan fingerprint density at radius 2 is 2.24 bits per heavy atom. The molecule has 88 valence electrons. The lowest BCUT2D eigenvalue weighted by Crippen LogP contribution is -2.05. The number of benzene rings is 1. The summed E-state index contributed by atoms with van der Waals surface area (Å²) in [5.41, 5.74) is 6.97. The Morgan fingerprint density at radius 3 is 2.82 bits per heavy atom. The highest BCUT2D eigenvalue weighted by atomic mass is 35.5. The van der Waals surface area contributed by atoms with E-state index in [1.54, 1.807) is 25.1 Å². The molecule has 0 bridgehead atoms. The SMILES string of the molecule is Cc1c(Cl)cccc1-n1nc(C(=O)O)nc1N. The normalized spacial score (nSPS) is 10.5. The van der Waals surface area contributed by atoms with E-state index in [0.29, 0.717) is 10.7 Å². The fourth-order valence-electron chi connectivity index (χ4n) is 1.42. The van der Waals surface area contributed by atoms with E-state index in [0.717, 1.165) is 5.56 Å². The molecule has 0 aliphatic rings. The van der Waals surface area contributed by atoms with Gasteiger partial charge in [-0.3, -0.25) is 0 Å². The largest absolute Gasteiger partial charge is 0.475 e. The summed E-state index contributed by atoms with van der Waals surface area (Å²) < 4.78 is 1.25. The van der Waals surface area contributed by atoms with E-state index in [2.05, 4.69) is 10.1 Å². The van der Waals surface area contributed by atoms with Gasteiger partial charge < -0.3 is 10.8 Å². The zero-order valence-corrected chi connectivity index (χ0v) is 9.64. The molecule has 0 saturated carbocycles. The average Bonchev–Trinajstić information content (AvgIpc) is 2.65. The highest BCUT2D eigenvalue weighted by Gasteiger charge is 2.16. The lowest BCUT2D eigenvalue weighted by Gasteiger charge is -2.07. The van der Waals surface area contributed by atoms with Crippen LogP contribution in [0, 0.1) is 6.92 Å². The van der Waals surface area contributed by atoms with E-state index in [1.165, 1.54) is 4.68 Å². The molecule has 1 heterocycles. The highest BCUT2D eigenvalue weighted by Crippen LogP contribution is 2.23. The second kappa shape index (κ2) is 4.06. The Kier molecular flexibility index (Phi) is 2.72. The minimum absolute atomic E-state index is 0.00719. The van der Waals surface area contributed by atoms with Crippen LogP contribution in [-0.2, 0) is 0 Å². The van der Waals surface area contributed by atoms with Crippen LogP contribution in [-0.4, -0.2) is 25.8 Å². The number of nitrogen functional groups attached to an aromatic ring is 1. The van der Waals surface area contributed by atoms with E-state index in [1.807, 2.05) is 0 Å². The van der Waals surface area contributed by atoms with Gasteiger partial charge in [-0.25, -0.2) is 4.79 Å². The summed E-state index contributed by atoms with van der Waals surface area (Å²) in [5.74, 6) is -1.57. The van der Waals surface area contributed by atoms with Crippen molar-refractivity contribution in [2.24, 2.45) is 0 Å². The number of aromatic nitrogens is 3. The quantitative estimate of drug-likeness (QED) is 0.845. The second-order valence-corrected chi connectivity index (χ2v) is 3.80. The number of halogens is 1. The van der Waals surface area contributed by atoms with E-state index in [-0.39, 0.29) is 11.8 Å². The van der Waals surface area contributed by atoms with Crippen molar-refractivity contribution < 1.29 is 9.90 Å². The molecule has 0 saturated heterocycles. The third kappa shape index (κ3) is 1.94. The van der Waals surface area contributed by atoms with Crippen LogP contribution in [0.5, 0.6) is 0 Å². The molecular weight excluding hydrogens is 244 g/mol. The molecule has 0 aliphatic heterocycles. The molecule has 3 N–H and O–H groups in total. The van der Waals surface area contributed by atoms with Crippen LogP contribution in [0.4, 0.5) is 5.95 Å². The van der Waals surface area contributed by atoms with Crippen LogP contribution in [0.1, 0.15) is 16.2 Å². The molecule has 2 aromatic rings. The minimum Gasteiger partial charge on any atom is -0.475 e. The maximum atomic E-state index is 10.7. The van der Waals surface area contributed by atoms with Gasteiger partial charge >= 0.3 is 5.97 Å². The van der Waals surface area contributed by atoms with Crippen LogP contribution in [0.25, 0.3) is 5.69 Å². The molecule has 7 heteroatoms. The Morgan fingerprint density at radius 1 is 1.53 bits per heavy atom. The van der Waals surface area contributed by atoms with E-state index in [4.69, 9.17) is 22.4 Å². The van der Waals surface area contributed by atoms with Gasteiger partial charge in [-0.05, 0) is 24.6 Å². The van der Waals surface area contributed by atoms with Crippen molar-refractivity contribution >= 4 is 23.5 Å². The lowest BCUT2D eigenvalue weighted by atomic mass is 10.2. The number of aromatic carboxylic acids is 1. The van der Waals surface area contributed by atoms with Crippen LogP contribution in [0.15, 0.2) is 18.2 Å². The fourth-order valence-corrected chi connectivity index (χ4v) is 1.59. The van der Waals surface area contributed by atoms with Crippen molar-refractivity contribution in [3.63, 3.8) is 0 Å². The van der Waals surface area contributed by atoms with Crippen molar-refractivity contribution in [2.45, 2.75) is 6.92 Å². The van der Waals surface area contributed by atoms with Crippen molar-refractivity contribution in [3.8, 4) is 5.69 Å². The maximum Gasteiger partial charge on any atom is 0.375 e. The van der Waals surface area contributed by atoms with Crippen molar-refractivity contribution in [1.82, 2.24) is 14.8 Å². The second-order valence-electron chi connectivity index (χ2n) is 3.39. The number of nitrogens with two attached hydrogens (primary N) is 1. The summed E-state index contributed by atoms with van der Waals surface area (Å²) in [4.78, 5) is 14.4. The van der Waals surface area contributed by atoms with Crippen LogP contribution < -0.4 is 5.73 Å². The molecule has 0 fully saturated rings. The summed E-state index contributed by atoms with van der Waals surface area (Å²) in [6, 6.07) is 5.19. The molecule has 0 aliphatic carbocycles. The molecule has 17 heavy (non-hydrogen) atoms. The van der Waals surface area contributed by atoms with Gasteiger partial charge in [-0.1, -0.05) is 17.7 Å². The number of hydrogen-bond donors (Lipinski definition) is 2. The van der Waals surface area contributed by atoms with Gasteiger partial charge in [0, 0.05) is 5.02 Å². The van der Waals surface area contributed by atoms with Gasteiger partial charge in [-0.15, -0.1) is 5.10 Å². The summed E-state index contributed by atoms with van der Waals surface area (Å²) in [6.07, 6.45) is 0. The maximum absolute atomic E-state index is 10.7. The van der Waals surface area contributed by atoms with E-state index in [9.17, 15) is 4.79 Å². The predicted molar refractivity (Wildman–Crippen MR) is 62.5 cm³/mol. The van der Waals surface area contributed by atoms with Crippen molar-refractivity contribution in [1.29, 1.82) is 0 Å². The zero-order valence-electron chi connectivity index (χ0n) is 8.88. The topological polar surface area (TPSA) is 94.0 Å². The van der Waals surface area contributed by atoms with E-state index < -0.39 is 5.97 Å². The summed E-state index contributed by atoms with van der Waals surface area (Å²) in [6.45, 7) is 1.79. The first-order valence-electron chi connectivity index (χ1n) is 4.72. The number of carboxylic acids is 1. The fraction of sp³-hybridized carbons (Fsp3) is 0.100. The number of hydrogen-bond acceptors (Lipinski definition) is 4. The summed E-state index contributed by atoms with van der Waals surface area (Å²) >= 11 is 5.97. The molecule has 0 spiro atoms. The van der Waals surface area contributed by atoms with Crippen LogP contribution in [0.3, 0.4) is 0 Å². The summed E-state index contributed by atoms with van der Waals surface area (Å²) in [5, 5.41) is 13.1. The third-order valence-corrected chi connectivity index (χ3v) is 2.70. The Labute approximate surface area is 102 Å². The molecule has 1 aromatic heterocycles. The Bertz CT molecular complexity index is 594. The first-order valence-corrected chi connectivity index (χ1v) is 5.10. The predicted octanol–water partition coefficient (Wildman–Crippen LogP) is 1.51. The lowest BCUT2D eigenvalue weighted by molar-refractivity contribution is 0.0683. The minimum atomic E-state index is -1.23. The van der Waals surface area contributed by atoms with Crippen LogP contribution >= 0.6 is 11.6 Å². The first kappa shape index (κ1) is 11.4. The standard InChI is InChI=1S/C10H9ClN4O2/c1-5-6(11)3-2-4-7(5)15-10(12)13-8(14-15)9(16)17/h2-4H,1H3,(H,16,17)(H2,12,13,14). The number of rotatable bonds is 2. The monoisotopic (exact) mass is 252 g/mol. The molecule has 1 aromatic carbocycles. The van der Waals surface area contributed by atoms with E-state index >= 15 is 0 Å². The first-order chi connectivity index (χ1) is 8.00. The zero-order chi connectivity index (χ0) is 12.6. The van der Waals surface area contributed by atoms with Crippen LogP contribution in [0.2, 0.25) is 5.02 Å². The number of nitrogens with zero attached hydrogens (tertiary/aromatic N) is 3. The van der Waals surface area contributed by atoms with Gasteiger partial charge in [0.15, 0.2) is 0 Å². The smallest absolute Gasteiger partial charge is 0.375 e. The molecule has 6 nitrogen and oxygen atoms in total. The average molecular weight is 253 g/mol. The van der Waals surface area contributed by atoms with Crippen molar-refractivity contribution in [3.05, 3.63) is 34.6 Å². The van der Waals surface area contributed by atoms with Gasteiger partial charge in [0.2, 0.25) is 5.95 Å². The van der Waals surface area contributed by atoms with Gasteiger partial charge in [0.05, 0.1) is 5.69 Å². The molecule has 0 amide bonds. The number of carbonyl (C=O) groups is 1. The molecule has 0 atom stereocenters. The highest BCUT2D eigenvalue weighted by molar-refractivity contribution is 6.31. The molecule has 0 unspecified atom stereocenters. The van der Waals surface area contributed by atoms with Gasteiger partial charge in [0.25, 0.3) is 5.82 Å².